The lowest BCUT2D eigenvalue weighted by atomic mass is 10.1. The van der Waals surface area contributed by atoms with E-state index in [0.717, 1.165) is 18.2 Å². The second-order valence-electron chi connectivity index (χ2n) is 7.23. The molecule has 11 heteroatoms. The van der Waals surface area contributed by atoms with Gasteiger partial charge in [0.05, 0.1) is 30.7 Å². The number of hydrogen-bond acceptors (Lipinski definition) is 7. The van der Waals surface area contributed by atoms with Gasteiger partial charge in [-0.1, -0.05) is 9.71 Å². The summed E-state index contributed by atoms with van der Waals surface area (Å²) in [4.78, 5) is 6.11. The maximum Gasteiger partial charge on any atom is 0.243 e. The average molecular weight is 440 g/mol. The van der Waals surface area contributed by atoms with Gasteiger partial charge in [0.15, 0.2) is 0 Å². The highest BCUT2D eigenvalue weighted by molar-refractivity contribution is 7.99. The van der Waals surface area contributed by atoms with Crippen LogP contribution in [-0.2, 0) is 16.6 Å². The Bertz CT molecular complexity index is 948. The molecule has 4 rings (SSSR count). The summed E-state index contributed by atoms with van der Waals surface area (Å²) in [5.41, 5.74) is 0. The van der Waals surface area contributed by atoms with Crippen molar-refractivity contribution in [3.63, 3.8) is 0 Å². The molecule has 1 atom stereocenters. The first-order valence-corrected chi connectivity index (χ1v) is 12.2. The van der Waals surface area contributed by atoms with Crippen LogP contribution in [0.4, 0.5) is 0 Å². The lowest BCUT2D eigenvalue weighted by molar-refractivity contribution is 0.238. The molecule has 158 valence electrons. The van der Waals surface area contributed by atoms with Crippen molar-refractivity contribution in [1.29, 1.82) is 5.26 Å². The Morgan fingerprint density at radius 2 is 1.97 bits per heavy atom. The number of hydrogen-bond donors (Lipinski definition) is 0. The number of nitrogens with zero attached hydrogens (tertiary/aromatic N) is 5. The van der Waals surface area contributed by atoms with Crippen molar-refractivity contribution in [1.82, 2.24) is 18.9 Å². The number of sulfonamides is 1. The molecule has 0 spiro atoms. The maximum absolute atomic E-state index is 12.8. The molecule has 2 aliphatic rings. The number of rotatable bonds is 7. The first kappa shape index (κ1) is 20.4. The Morgan fingerprint density at radius 3 is 2.62 bits per heavy atom. The smallest absolute Gasteiger partial charge is 0.243 e. The molecule has 29 heavy (non-hydrogen) atoms. The summed E-state index contributed by atoms with van der Waals surface area (Å²) in [7, 11) is -1.94. The number of piperidine rings is 1. The number of nitriles is 1. The highest BCUT2D eigenvalue weighted by Gasteiger charge is 2.34. The minimum Gasteiger partial charge on any atom is -0.497 e. The molecule has 1 aromatic carbocycles. The fraction of sp³-hybridized carbons (Fsp3) is 0.611. The third-order valence-corrected chi connectivity index (χ3v) is 8.49. The van der Waals surface area contributed by atoms with Gasteiger partial charge >= 0.3 is 0 Å². The molecule has 9 nitrogen and oxygen atoms in total. The predicted octanol–water partition coefficient (Wildman–Crippen LogP) is 1.82. The average Bonchev–Trinajstić information content (AvgIpc) is 3.39. The van der Waals surface area contributed by atoms with Crippen molar-refractivity contribution in [3.05, 3.63) is 24.3 Å². The van der Waals surface area contributed by atoms with Crippen LogP contribution in [0.2, 0.25) is 0 Å². The lowest BCUT2D eigenvalue weighted by Crippen LogP contribution is -2.38. The van der Waals surface area contributed by atoms with E-state index in [9.17, 15) is 8.42 Å². The fourth-order valence-corrected chi connectivity index (χ4v) is 6.33. The molecule has 3 heterocycles. The summed E-state index contributed by atoms with van der Waals surface area (Å²) in [6.07, 6.45) is 1.43. The Hall–Kier alpha value is -1.87. The van der Waals surface area contributed by atoms with Crippen LogP contribution in [0.3, 0.4) is 0 Å². The van der Waals surface area contributed by atoms with Gasteiger partial charge in [-0.25, -0.2) is 8.42 Å². The fourth-order valence-electron chi connectivity index (χ4n) is 3.70. The number of benzene rings is 1. The molecule has 2 aliphatic heterocycles. The van der Waals surface area contributed by atoms with Crippen molar-refractivity contribution in [2.45, 2.75) is 36.4 Å². The van der Waals surface area contributed by atoms with E-state index >= 15 is 0 Å². The molecular formula is C18H25N5O4S2. The predicted molar refractivity (Wildman–Crippen MR) is 108 cm³/mol. The van der Waals surface area contributed by atoms with Gasteiger partial charge < -0.3 is 4.74 Å². The van der Waals surface area contributed by atoms with E-state index in [2.05, 4.69) is 11.0 Å². The molecule has 0 saturated carbocycles. The van der Waals surface area contributed by atoms with Crippen LogP contribution in [0.15, 0.2) is 33.8 Å². The van der Waals surface area contributed by atoms with Crippen LogP contribution in [0.25, 0.3) is 0 Å². The molecule has 0 amide bonds. The summed E-state index contributed by atoms with van der Waals surface area (Å²) in [5, 5.41) is 9.15. The zero-order valence-corrected chi connectivity index (χ0v) is 17.9. The van der Waals surface area contributed by atoms with Crippen LogP contribution in [-0.4, -0.2) is 71.7 Å². The van der Waals surface area contributed by atoms with Crippen LogP contribution < -0.4 is 4.74 Å². The summed E-state index contributed by atoms with van der Waals surface area (Å²) < 4.78 is 37.9. The van der Waals surface area contributed by atoms with E-state index in [0.29, 0.717) is 38.2 Å². The molecule has 1 unspecified atom stereocenters. The van der Waals surface area contributed by atoms with Crippen molar-refractivity contribution in [2.75, 3.05) is 38.4 Å². The highest BCUT2D eigenvalue weighted by Crippen LogP contribution is 2.29. The van der Waals surface area contributed by atoms with Gasteiger partial charge in [0, 0.05) is 31.3 Å². The van der Waals surface area contributed by atoms with E-state index in [1.165, 1.54) is 4.31 Å². The van der Waals surface area contributed by atoms with E-state index in [4.69, 9.17) is 14.6 Å². The normalized spacial score (nSPS) is 22.1. The van der Waals surface area contributed by atoms with Crippen LogP contribution in [0, 0.1) is 11.3 Å². The molecule has 0 bridgehead atoms. The zero-order valence-electron chi connectivity index (χ0n) is 16.3. The van der Waals surface area contributed by atoms with Crippen LogP contribution in [0.1, 0.15) is 18.9 Å². The molecule has 2 aromatic rings. The molecule has 0 N–H and O–H groups in total. The van der Waals surface area contributed by atoms with Crippen LogP contribution >= 0.6 is 11.8 Å². The summed E-state index contributed by atoms with van der Waals surface area (Å²) in [6, 6.07) is 8.99. The Labute approximate surface area is 174 Å². The monoisotopic (exact) mass is 439 g/mol. The lowest BCUT2D eigenvalue weighted by Gasteiger charge is -2.29. The van der Waals surface area contributed by atoms with E-state index in [1.807, 2.05) is 9.71 Å². The molecular weight excluding hydrogens is 414 g/mol. The van der Waals surface area contributed by atoms with Crippen molar-refractivity contribution in [3.8, 4) is 11.8 Å². The van der Waals surface area contributed by atoms with Gasteiger partial charge in [-0.05, 0) is 37.1 Å². The van der Waals surface area contributed by atoms with Gasteiger partial charge in [0.1, 0.15) is 11.8 Å². The van der Waals surface area contributed by atoms with Crippen LogP contribution in [0.5, 0.6) is 5.75 Å². The summed E-state index contributed by atoms with van der Waals surface area (Å²) in [5.74, 6) is 2.38. The standard InChI is InChI=1S/C18H25N5O4S2/c1-26-17-2-4-18(5-3-17)29(24,25)21-8-6-15(7-9-21)23-22(27-23)11-10-20-14-28-13-16(20)12-19/h2-5,15-16H,6-11,13-14H2,1H3. The first-order chi connectivity index (χ1) is 14.0. The Morgan fingerprint density at radius 1 is 1.24 bits per heavy atom. The number of aromatic nitrogens is 2. The summed E-state index contributed by atoms with van der Waals surface area (Å²) >= 11 is 1.78. The highest BCUT2D eigenvalue weighted by atomic mass is 32.2. The quantitative estimate of drug-likeness (QED) is 0.649. The van der Waals surface area contributed by atoms with Gasteiger partial charge in [-0.2, -0.15) is 9.57 Å². The SMILES string of the molecule is COc1ccc(S(=O)(=O)N2CCC(n3on3CCN3CSCC3C#N)CC2)cc1. The Kier molecular flexibility index (Phi) is 5.96. The number of ether oxygens (including phenoxy) is 1. The van der Waals surface area contributed by atoms with E-state index in [1.54, 1.807) is 43.1 Å². The van der Waals surface area contributed by atoms with E-state index in [-0.39, 0.29) is 17.0 Å². The van der Waals surface area contributed by atoms with Gasteiger partial charge in [-0.3, -0.25) is 9.53 Å². The minimum absolute atomic E-state index is 0.0141. The molecule has 0 radical (unpaired) electrons. The van der Waals surface area contributed by atoms with E-state index < -0.39 is 10.0 Å². The second-order valence-corrected chi connectivity index (χ2v) is 10.2. The van der Waals surface area contributed by atoms with Gasteiger partial charge in [-0.15, -0.1) is 11.8 Å². The third kappa shape index (κ3) is 4.35. The van der Waals surface area contributed by atoms with Crippen molar-refractivity contribution < 1.29 is 17.8 Å². The van der Waals surface area contributed by atoms with Crippen molar-refractivity contribution >= 4 is 21.8 Å². The van der Waals surface area contributed by atoms with Gasteiger partial charge in [0.2, 0.25) is 10.0 Å². The minimum atomic E-state index is -3.49. The molecule has 0 aliphatic carbocycles. The summed E-state index contributed by atoms with van der Waals surface area (Å²) in [6.45, 7) is 2.42. The molecule has 2 fully saturated rings. The van der Waals surface area contributed by atoms with Gasteiger partial charge in [0.25, 0.3) is 0 Å². The molecule has 2 saturated heterocycles. The maximum atomic E-state index is 12.8. The third-order valence-electron chi connectivity index (χ3n) is 5.51. The first-order valence-electron chi connectivity index (χ1n) is 9.63. The number of thioether (sulfide) groups is 1. The Balaban J connectivity index is 1.29. The number of methoxy groups -OCH3 is 1. The topological polar surface area (TPSA) is 96.6 Å². The zero-order chi connectivity index (χ0) is 20.4. The second kappa shape index (κ2) is 8.47. The molecule has 1 aromatic heterocycles. The largest absolute Gasteiger partial charge is 0.497 e. The van der Waals surface area contributed by atoms with Crippen molar-refractivity contribution in [2.24, 2.45) is 0 Å².